The molecule has 0 atom stereocenters. The molecule has 1 heterocycles. The van der Waals surface area contributed by atoms with E-state index in [4.69, 9.17) is 4.74 Å². The monoisotopic (exact) mass is 370 g/mol. The molecule has 0 saturated heterocycles. The van der Waals surface area contributed by atoms with Gasteiger partial charge in [-0.15, -0.1) is 0 Å². The van der Waals surface area contributed by atoms with Crippen molar-refractivity contribution in [2.24, 2.45) is 0 Å². The van der Waals surface area contributed by atoms with Crippen LogP contribution in [0.4, 0.5) is 10.1 Å². The molecule has 0 radical (unpaired) electrons. The van der Waals surface area contributed by atoms with E-state index in [1.165, 1.54) is 11.0 Å². The number of hydrogen-bond acceptors (Lipinski definition) is 3. The molecule has 0 saturated carbocycles. The lowest BCUT2D eigenvalue weighted by Crippen LogP contribution is -2.52. The zero-order valence-electron chi connectivity index (χ0n) is 15.9. The highest BCUT2D eigenvalue weighted by atomic mass is 19.1. The number of anilines is 1. The average Bonchev–Trinajstić information content (AvgIpc) is 2.59. The van der Waals surface area contributed by atoms with Crippen molar-refractivity contribution in [1.82, 2.24) is 5.32 Å². The van der Waals surface area contributed by atoms with Crippen LogP contribution in [0.1, 0.15) is 43.6 Å². The molecule has 27 heavy (non-hydrogen) atoms. The number of rotatable bonds is 4. The first-order chi connectivity index (χ1) is 12.7. The molecule has 142 valence electrons. The number of hydrogen-bond donors (Lipinski definition) is 1. The molecule has 5 nitrogen and oxygen atoms in total. The third-order valence-corrected chi connectivity index (χ3v) is 4.34. The quantitative estimate of drug-likeness (QED) is 0.893. The van der Waals surface area contributed by atoms with E-state index >= 15 is 0 Å². The lowest BCUT2D eigenvalue weighted by atomic mass is 10.0. The molecule has 2 amide bonds. The largest absolute Gasteiger partial charge is 0.476 e. The second kappa shape index (κ2) is 7.02. The number of amides is 2. The number of nitrogens with one attached hydrogen (secondary N) is 1. The Hall–Kier alpha value is -2.89. The Morgan fingerprint density at radius 3 is 2.59 bits per heavy atom. The van der Waals surface area contributed by atoms with E-state index in [1.807, 2.05) is 13.8 Å². The van der Waals surface area contributed by atoms with Crippen molar-refractivity contribution in [2.75, 3.05) is 4.90 Å². The van der Waals surface area contributed by atoms with E-state index in [1.54, 1.807) is 50.2 Å². The topological polar surface area (TPSA) is 58.6 Å². The van der Waals surface area contributed by atoms with Crippen LogP contribution in [0.5, 0.6) is 5.75 Å². The molecule has 3 rings (SSSR count). The maximum atomic E-state index is 14.2. The molecule has 0 spiro atoms. The van der Waals surface area contributed by atoms with Crippen LogP contribution in [0.2, 0.25) is 0 Å². The summed E-state index contributed by atoms with van der Waals surface area (Å²) >= 11 is 0. The van der Waals surface area contributed by atoms with Crippen LogP contribution in [0.25, 0.3) is 0 Å². The standard InChI is InChI=1S/C21H23FN2O3/c1-13(2)23-19(25)14-9-10-18-17(11-14)24(20(26)21(3,4)27-18)12-15-7-5-6-8-16(15)22/h5-11,13H,12H2,1-4H3,(H,23,25). The highest BCUT2D eigenvalue weighted by Gasteiger charge is 2.41. The number of carbonyl (C=O) groups is 2. The lowest BCUT2D eigenvalue weighted by Gasteiger charge is -2.39. The smallest absolute Gasteiger partial charge is 0.271 e. The van der Waals surface area contributed by atoms with Crippen molar-refractivity contribution in [3.8, 4) is 5.75 Å². The van der Waals surface area contributed by atoms with Crippen LogP contribution >= 0.6 is 0 Å². The Morgan fingerprint density at radius 2 is 1.93 bits per heavy atom. The molecule has 0 fully saturated rings. The molecule has 1 aliphatic rings. The Morgan fingerprint density at radius 1 is 1.22 bits per heavy atom. The van der Waals surface area contributed by atoms with Gasteiger partial charge < -0.3 is 15.0 Å². The molecule has 2 aromatic carbocycles. The van der Waals surface area contributed by atoms with Crippen LogP contribution in [-0.2, 0) is 11.3 Å². The maximum Gasteiger partial charge on any atom is 0.271 e. The van der Waals surface area contributed by atoms with E-state index in [9.17, 15) is 14.0 Å². The first-order valence-corrected chi connectivity index (χ1v) is 8.88. The highest BCUT2D eigenvalue weighted by molar-refractivity contribution is 6.04. The van der Waals surface area contributed by atoms with E-state index in [0.29, 0.717) is 22.6 Å². The molecular weight excluding hydrogens is 347 g/mol. The predicted molar refractivity (Wildman–Crippen MR) is 101 cm³/mol. The number of carbonyl (C=O) groups excluding carboxylic acids is 2. The van der Waals surface area contributed by atoms with Crippen molar-refractivity contribution >= 4 is 17.5 Å². The molecule has 6 heteroatoms. The van der Waals surface area contributed by atoms with Gasteiger partial charge in [0.05, 0.1) is 12.2 Å². The molecule has 1 aliphatic heterocycles. The SMILES string of the molecule is CC(C)NC(=O)c1ccc2c(c1)N(Cc1ccccc1F)C(=O)C(C)(C)O2. The second-order valence-corrected chi connectivity index (χ2v) is 7.41. The Balaban J connectivity index is 2.03. The zero-order valence-corrected chi connectivity index (χ0v) is 15.9. The maximum absolute atomic E-state index is 14.2. The minimum absolute atomic E-state index is 0.0140. The highest BCUT2D eigenvalue weighted by Crippen LogP contribution is 2.39. The van der Waals surface area contributed by atoms with E-state index in [2.05, 4.69) is 5.32 Å². The second-order valence-electron chi connectivity index (χ2n) is 7.41. The van der Waals surface area contributed by atoms with Crippen LogP contribution < -0.4 is 15.0 Å². The van der Waals surface area contributed by atoms with E-state index in [-0.39, 0.29) is 30.2 Å². The number of nitrogens with zero attached hydrogens (tertiary/aromatic N) is 1. The normalized spacial score (nSPS) is 15.3. The third kappa shape index (κ3) is 3.79. The fourth-order valence-corrected chi connectivity index (χ4v) is 3.01. The van der Waals surface area contributed by atoms with Crippen molar-refractivity contribution in [3.05, 3.63) is 59.4 Å². The molecule has 0 bridgehead atoms. The van der Waals surface area contributed by atoms with E-state index in [0.717, 1.165) is 0 Å². The van der Waals surface area contributed by atoms with Gasteiger partial charge in [-0.25, -0.2) is 4.39 Å². The predicted octanol–water partition coefficient (Wildman–Crippen LogP) is 3.67. The Labute approximate surface area is 158 Å². The fraction of sp³-hybridized carbons (Fsp3) is 0.333. The molecule has 0 aromatic heterocycles. The fourth-order valence-electron chi connectivity index (χ4n) is 3.01. The summed E-state index contributed by atoms with van der Waals surface area (Å²) in [6.07, 6.45) is 0. The van der Waals surface area contributed by atoms with Crippen molar-refractivity contribution < 1.29 is 18.7 Å². The van der Waals surface area contributed by atoms with Gasteiger partial charge in [0.1, 0.15) is 11.6 Å². The third-order valence-electron chi connectivity index (χ3n) is 4.34. The lowest BCUT2D eigenvalue weighted by molar-refractivity contribution is -0.132. The summed E-state index contributed by atoms with van der Waals surface area (Å²) in [6, 6.07) is 11.3. The van der Waals surface area contributed by atoms with Crippen molar-refractivity contribution in [2.45, 2.75) is 45.9 Å². The van der Waals surface area contributed by atoms with Gasteiger partial charge in [0, 0.05) is 17.2 Å². The summed E-state index contributed by atoms with van der Waals surface area (Å²) in [5.41, 5.74) is 0.183. The van der Waals surface area contributed by atoms with Gasteiger partial charge in [-0.05, 0) is 52.0 Å². The van der Waals surface area contributed by atoms with Crippen LogP contribution in [0.3, 0.4) is 0 Å². The average molecular weight is 370 g/mol. The summed E-state index contributed by atoms with van der Waals surface area (Å²) in [5, 5.41) is 2.82. The minimum Gasteiger partial charge on any atom is -0.476 e. The Kier molecular flexibility index (Phi) is 4.91. The van der Waals surface area contributed by atoms with Gasteiger partial charge in [0.15, 0.2) is 5.60 Å². The summed E-state index contributed by atoms with van der Waals surface area (Å²) < 4.78 is 20.0. The van der Waals surface area contributed by atoms with Crippen LogP contribution in [0.15, 0.2) is 42.5 Å². The van der Waals surface area contributed by atoms with Gasteiger partial charge in [-0.3, -0.25) is 9.59 Å². The van der Waals surface area contributed by atoms with Crippen LogP contribution in [-0.4, -0.2) is 23.5 Å². The number of halogens is 1. The minimum atomic E-state index is -1.08. The van der Waals surface area contributed by atoms with Crippen molar-refractivity contribution in [3.63, 3.8) is 0 Å². The Bertz CT molecular complexity index is 893. The molecule has 0 aliphatic carbocycles. The van der Waals surface area contributed by atoms with Gasteiger partial charge in [-0.2, -0.15) is 0 Å². The summed E-state index contributed by atoms with van der Waals surface area (Å²) in [4.78, 5) is 26.8. The first kappa shape index (κ1) is 18.9. The summed E-state index contributed by atoms with van der Waals surface area (Å²) in [7, 11) is 0. The van der Waals surface area contributed by atoms with Gasteiger partial charge in [0.25, 0.3) is 11.8 Å². The number of benzene rings is 2. The van der Waals surface area contributed by atoms with E-state index < -0.39 is 5.60 Å². The van der Waals surface area contributed by atoms with Gasteiger partial charge >= 0.3 is 0 Å². The van der Waals surface area contributed by atoms with Gasteiger partial charge in [-0.1, -0.05) is 18.2 Å². The molecule has 1 N–H and O–H groups in total. The summed E-state index contributed by atoms with van der Waals surface area (Å²) in [6.45, 7) is 7.14. The number of fused-ring (bicyclic) bond motifs is 1. The number of ether oxygens (including phenoxy) is 1. The van der Waals surface area contributed by atoms with Crippen molar-refractivity contribution in [1.29, 1.82) is 0 Å². The molecule has 0 unspecified atom stereocenters. The van der Waals surface area contributed by atoms with Crippen LogP contribution in [0, 0.1) is 5.82 Å². The summed E-state index contributed by atoms with van der Waals surface area (Å²) in [5.74, 6) is -0.433. The molecule has 2 aromatic rings. The first-order valence-electron chi connectivity index (χ1n) is 8.88. The van der Waals surface area contributed by atoms with Gasteiger partial charge in [0.2, 0.25) is 0 Å². The zero-order chi connectivity index (χ0) is 19.8. The molecular formula is C21H23FN2O3.